The molecule has 6 nitrogen and oxygen atoms in total. The molecular formula is C18H40O6Si. The van der Waals surface area contributed by atoms with Crippen molar-refractivity contribution in [2.24, 2.45) is 0 Å². The van der Waals surface area contributed by atoms with Gasteiger partial charge in [-0.2, -0.15) is 0 Å². The van der Waals surface area contributed by atoms with Gasteiger partial charge >= 0.3 is 0 Å². The predicted octanol–water partition coefficient (Wildman–Crippen LogP) is 2.46. The normalized spacial score (nSPS) is 15.8. The van der Waals surface area contributed by atoms with Crippen LogP contribution < -0.4 is 0 Å². The zero-order valence-corrected chi connectivity index (χ0v) is 19.0. The molecule has 0 radical (unpaired) electrons. The maximum atomic E-state index is 6.16. The summed E-state index contributed by atoms with van der Waals surface area (Å²) in [4.78, 5) is 0. The van der Waals surface area contributed by atoms with Gasteiger partial charge in [0.1, 0.15) is 12.2 Å². The van der Waals surface area contributed by atoms with Crippen LogP contribution in [0.25, 0.3) is 0 Å². The number of ether oxygens (including phenoxy) is 6. The van der Waals surface area contributed by atoms with E-state index in [1.165, 1.54) is 0 Å². The summed E-state index contributed by atoms with van der Waals surface area (Å²) >= 11 is 0. The Kier molecular flexibility index (Phi) is 13.2. The standard InChI is InChI=1S/C18H40O6Si/c1-9-19-15(7)17(21-11-3,22-12-4)25-18(23-13-5,24-14-6)16(8)20-10-2/h15-16H,9-14,25H2,1-8H3. The van der Waals surface area contributed by atoms with Gasteiger partial charge < -0.3 is 28.4 Å². The highest BCUT2D eigenvalue weighted by atomic mass is 28.2. The third-order valence-corrected chi connectivity index (χ3v) is 7.07. The topological polar surface area (TPSA) is 55.4 Å². The van der Waals surface area contributed by atoms with E-state index in [1.807, 2.05) is 55.4 Å². The maximum absolute atomic E-state index is 6.16. The van der Waals surface area contributed by atoms with E-state index in [0.29, 0.717) is 39.6 Å². The molecule has 0 fully saturated rings. The third kappa shape index (κ3) is 7.25. The summed E-state index contributed by atoms with van der Waals surface area (Å²) in [5, 5.41) is 0. The molecule has 0 aliphatic heterocycles. The zero-order chi connectivity index (χ0) is 19.3. The molecule has 0 aromatic heterocycles. The molecule has 7 heteroatoms. The van der Waals surface area contributed by atoms with Crippen LogP contribution in [-0.2, 0) is 28.4 Å². The molecule has 0 aromatic rings. The highest BCUT2D eigenvalue weighted by molar-refractivity contribution is 6.43. The van der Waals surface area contributed by atoms with Crippen LogP contribution in [0.4, 0.5) is 0 Å². The lowest BCUT2D eigenvalue weighted by molar-refractivity contribution is -0.267. The molecule has 2 atom stereocenters. The second-order valence-corrected chi connectivity index (χ2v) is 8.05. The SMILES string of the molecule is CCOC(C)C(OCC)(OCC)[SiH2]C(OCC)(OCC)C(C)OCC. The first-order valence-electron chi connectivity index (χ1n) is 9.70. The Balaban J connectivity index is 5.88. The van der Waals surface area contributed by atoms with Crippen molar-refractivity contribution in [3.05, 3.63) is 0 Å². The van der Waals surface area contributed by atoms with Gasteiger partial charge in [-0.05, 0) is 55.4 Å². The second-order valence-electron chi connectivity index (χ2n) is 5.73. The molecule has 0 amide bonds. The molecule has 152 valence electrons. The monoisotopic (exact) mass is 380 g/mol. The predicted molar refractivity (Wildman–Crippen MR) is 103 cm³/mol. The van der Waals surface area contributed by atoms with Gasteiger partial charge in [0.2, 0.25) is 0 Å². The Bertz CT molecular complexity index is 287. The van der Waals surface area contributed by atoms with Crippen LogP contribution in [0, 0.1) is 0 Å². The first-order chi connectivity index (χ1) is 11.9. The average molecular weight is 381 g/mol. The minimum absolute atomic E-state index is 0.224. The molecule has 0 rings (SSSR count). The Morgan fingerprint density at radius 2 is 0.840 bits per heavy atom. The molecule has 0 heterocycles. The molecule has 2 unspecified atom stereocenters. The van der Waals surface area contributed by atoms with E-state index < -0.39 is 20.3 Å². The summed E-state index contributed by atoms with van der Waals surface area (Å²) in [5.41, 5.74) is -1.68. The van der Waals surface area contributed by atoms with Crippen molar-refractivity contribution in [1.82, 2.24) is 0 Å². The van der Waals surface area contributed by atoms with Gasteiger partial charge in [-0.1, -0.05) is 0 Å². The molecular weight excluding hydrogens is 340 g/mol. The summed E-state index contributed by atoms with van der Waals surface area (Å²) in [6.07, 6.45) is -0.448. The van der Waals surface area contributed by atoms with Crippen LogP contribution in [0.3, 0.4) is 0 Å². The van der Waals surface area contributed by atoms with Gasteiger partial charge in [0.25, 0.3) is 0 Å². The van der Waals surface area contributed by atoms with Crippen LogP contribution in [0.15, 0.2) is 0 Å². The van der Waals surface area contributed by atoms with E-state index in [-0.39, 0.29) is 12.2 Å². The quantitative estimate of drug-likeness (QED) is 0.303. The highest BCUT2D eigenvalue weighted by Crippen LogP contribution is 2.30. The van der Waals surface area contributed by atoms with Crippen LogP contribution in [0.2, 0.25) is 0 Å². The molecule has 25 heavy (non-hydrogen) atoms. The van der Waals surface area contributed by atoms with Crippen LogP contribution in [-0.4, -0.2) is 72.2 Å². The van der Waals surface area contributed by atoms with E-state index in [9.17, 15) is 0 Å². The van der Waals surface area contributed by atoms with Gasteiger partial charge in [0.15, 0.2) is 20.3 Å². The van der Waals surface area contributed by atoms with Crippen molar-refractivity contribution in [2.75, 3.05) is 39.6 Å². The lowest BCUT2D eigenvalue weighted by Crippen LogP contribution is -2.65. The van der Waals surface area contributed by atoms with Gasteiger partial charge in [-0.25, -0.2) is 0 Å². The molecule has 0 spiro atoms. The van der Waals surface area contributed by atoms with Crippen molar-refractivity contribution >= 4 is 9.52 Å². The fourth-order valence-electron chi connectivity index (χ4n) is 3.12. The van der Waals surface area contributed by atoms with E-state index in [0.717, 1.165) is 0 Å². The maximum Gasteiger partial charge on any atom is 0.176 e. The summed E-state index contributed by atoms with van der Waals surface area (Å²) in [5.74, 6) is 0. The summed E-state index contributed by atoms with van der Waals surface area (Å²) in [7, 11) is -1.29. The Labute approximate surface area is 156 Å². The fourth-order valence-corrected chi connectivity index (χ4v) is 5.84. The smallest absolute Gasteiger partial charge is 0.176 e. The van der Waals surface area contributed by atoms with Gasteiger partial charge in [-0.15, -0.1) is 0 Å². The van der Waals surface area contributed by atoms with Crippen molar-refractivity contribution < 1.29 is 28.4 Å². The van der Waals surface area contributed by atoms with Crippen LogP contribution in [0.5, 0.6) is 0 Å². The van der Waals surface area contributed by atoms with Crippen LogP contribution in [0.1, 0.15) is 55.4 Å². The van der Waals surface area contributed by atoms with Crippen molar-refractivity contribution in [1.29, 1.82) is 0 Å². The van der Waals surface area contributed by atoms with E-state index in [4.69, 9.17) is 28.4 Å². The fraction of sp³-hybridized carbons (Fsp3) is 1.00. The van der Waals surface area contributed by atoms with Gasteiger partial charge in [0.05, 0.1) is 0 Å². The van der Waals surface area contributed by atoms with Gasteiger partial charge in [0, 0.05) is 39.6 Å². The van der Waals surface area contributed by atoms with Crippen molar-refractivity contribution in [3.63, 3.8) is 0 Å². The molecule has 0 aliphatic carbocycles. The lowest BCUT2D eigenvalue weighted by atomic mass is 10.3. The highest BCUT2D eigenvalue weighted by Gasteiger charge is 2.52. The Morgan fingerprint density at radius 1 is 0.560 bits per heavy atom. The summed E-state index contributed by atoms with van der Waals surface area (Å²) in [6.45, 7) is 19.1. The molecule has 0 N–H and O–H groups in total. The number of hydrogen-bond acceptors (Lipinski definition) is 6. The largest absolute Gasteiger partial charge is 0.374 e. The Hall–Kier alpha value is -0.0231. The van der Waals surface area contributed by atoms with Gasteiger partial charge in [-0.3, -0.25) is 0 Å². The number of hydrogen-bond donors (Lipinski definition) is 0. The minimum Gasteiger partial charge on any atom is -0.374 e. The van der Waals surface area contributed by atoms with Crippen LogP contribution >= 0.6 is 0 Å². The average Bonchev–Trinajstić information content (AvgIpc) is 2.56. The second kappa shape index (κ2) is 13.2. The Morgan fingerprint density at radius 3 is 1.04 bits per heavy atom. The number of rotatable bonds is 16. The third-order valence-electron chi connectivity index (χ3n) is 4.12. The zero-order valence-electron chi connectivity index (χ0n) is 17.6. The minimum atomic E-state index is -1.29. The summed E-state index contributed by atoms with van der Waals surface area (Å²) < 4.78 is 36.4. The van der Waals surface area contributed by atoms with Crippen molar-refractivity contribution in [3.8, 4) is 0 Å². The molecule has 0 saturated heterocycles. The first-order valence-corrected chi connectivity index (χ1v) is 11.1. The van der Waals surface area contributed by atoms with Crippen molar-refractivity contribution in [2.45, 2.75) is 78.4 Å². The molecule has 0 aliphatic rings. The molecule has 0 saturated carbocycles. The molecule has 0 aromatic carbocycles. The first kappa shape index (κ1) is 25.0. The molecule has 0 bridgehead atoms. The van der Waals surface area contributed by atoms with E-state index >= 15 is 0 Å². The summed E-state index contributed by atoms with van der Waals surface area (Å²) in [6, 6.07) is 0. The van der Waals surface area contributed by atoms with E-state index in [1.54, 1.807) is 0 Å². The lowest BCUT2D eigenvalue weighted by Gasteiger charge is -2.46. The van der Waals surface area contributed by atoms with E-state index in [2.05, 4.69) is 0 Å².